The Balaban J connectivity index is 2.71. The first-order valence-electron chi connectivity index (χ1n) is 5.18. The van der Waals surface area contributed by atoms with Crippen molar-refractivity contribution in [3.63, 3.8) is 0 Å². The molecule has 2 nitrogen and oxygen atoms in total. The first-order valence-corrected chi connectivity index (χ1v) is 6.50. The quantitative estimate of drug-likeness (QED) is 0.740. The average molecular weight is 308 g/mol. The Labute approximate surface area is 110 Å². The van der Waals surface area contributed by atoms with Gasteiger partial charge >= 0.3 is 0 Å². The van der Waals surface area contributed by atoms with Gasteiger partial charge in [-0.3, -0.25) is 0 Å². The number of hydrogen-bond donors (Lipinski definition) is 0. The van der Waals surface area contributed by atoms with E-state index in [1.807, 2.05) is 25.1 Å². The fourth-order valence-corrected chi connectivity index (χ4v) is 2.05. The topological polar surface area (TPSA) is 18.5 Å². The smallest absolute Gasteiger partial charge is 0.138 e. The molecule has 1 unspecified atom stereocenters. The zero-order valence-corrected chi connectivity index (χ0v) is 11.8. The predicted molar refractivity (Wildman–Crippen MR) is 70.3 cm³/mol. The van der Waals surface area contributed by atoms with Crippen LogP contribution >= 0.6 is 27.5 Å². The van der Waals surface area contributed by atoms with E-state index in [0.717, 1.165) is 22.2 Å². The summed E-state index contributed by atoms with van der Waals surface area (Å²) >= 11 is 9.34. The molecule has 0 saturated carbocycles. The van der Waals surface area contributed by atoms with Gasteiger partial charge < -0.3 is 9.47 Å². The van der Waals surface area contributed by atoms with Crippen molar-refractivity contribution < 1.29 is 9.47 Å². The standard InChI is InChI=1S/C12H16BrClO2/c1-9(6-7-15-2)16-12-10(8-14)4-3-5-11(12)13/h3-5,9H,6-8H2,1-2H3. The van der Waals surface area contributed by atoms with Crippen molar-refractivity contribution in [3.8, 4) is 5.75 Å². The van der Waals surface area contributed by atoms with Gasteiger partial charge in [-0.25, -0.2) is 0 Å². The molecule has 0 spiro atoms. The van der Waals surface area contributed by atoms with E-state index in [4.69, 9.17) is 21.1 Å². The largest absolute Gasteiger partial charge is 0.489 e. The van der Waals surface area contributed by atoms with Gasteiger partial charge in [0.05, 0.1) is 16.5 Å². The molecule has 0 amide bonds. The summed E-state index contributed by atoms with van der Waals surface area (Å²) in [5, 5.41) is 0. The van der Waals surface area contributed by atoms with Crippen LogP contribution in [-0.2, 0) is 10.6 Å². The Morgan fingerprint density at radius 1 is 1.44 bits per heavy atom. The SMILES string of the molecule is COCCC(C)Oc1c(Br)cccc1CCl. The maximum Gasteiger partial charge on any atom is 0.138 e. The van der Waals surface area contributed by atoms with Crippen molar-refractivity contribution in [2.75, 3.05) is 13.7 Å². The van der Waals surface area contributed by atoms with Crippen LogP contribution in [-0.4, -0.2) is 19.8 Å². The van der Waals surface area contributed by atoms with Crippen LogP contribution in [0.25, 0.3) is 0 Å². The van der Waals surface area contributed by atoms with Crippen LogP contribution in [0.4, 0.5) is 0 Å². The third kappa shape index (κ3) is 3.96. The van der Waals surface area contributed by atoms with Crippen LogP contribution in [0.15, 0.2) is 22.7 Å². The van der Waals surface area contributed by atoms with Crippen molar-refractivity contribution in [2.24, 2.45) is 0 Å². The van der Waals surface area contributed by atoms with E-state index < -0.39 is 0 Å². The molecule has 1 atom stereocenters. The number of benzene rings is 1. The summed E-state index contributed by atoms with van der Waals surface area (Å²) in [4.78, 5) is 0. The number of hydrogen-bond acceptors (Lipinski definition) is 2. The minimum atomic E-state index is 0.112. The molecule has 0 fully saturated rings. The van der Waals surface area contributed by atoms with Crippen LogP contribution in [0.3, 0.4) is 0 Å². The fourth-order valence-electron chi connectivity index (χ4n) is 1.33. The molecule has 1 aromatic carbocycles. The first kappa shape index (κ1) is 13.8. The summed E-state index contributed by atoms with van der Waals surface area (Å²) in [5.41, 5.74) is 1.00. The molecule has 0 aromatic heterocycles. The molecule has 0 aliphatic heterocycles. The van der Waals surface area contributed by atoms with Gasteiger partial charge in [-0.2, -0.15) is 0 Å². The Hall–Kier alpha value is -0.250. The van der Waals surface area contributed by atoms with Crippen LogP contribution in [0, 0.1) is 0 Å². The van der Waals surface area contributed by atoms with Gasteiger partial charge in [-0.1, -0.05) is 12.1 Å². The number of halogens is 2. The number of para-hydroxylation sites is 1. The van der Waals surface area contributed by atoms with Crippen molar-refractivity contribution in [3.05, 3.63) is 28.2 Å². The summed E-state index contributed by atoms with van der Waals surface area (Å²) in [6.45, 7) is 2.72. The molecule has 0 saturated heterocycles. The van der Waals surface area contributed by atoms with E-state index in [-0.39, 0.29) is 6.10 Å². The lowest BCUT2D eigenvalue weighted by Crippen LogP contribution is -2.15. The van der Waals surface area contributed by atoms with Gasteiger partial charge in [0.15, 0.2) is 0 Å². The van der Waals surface area contributed by atoms with E-state index in [0.29, 0.717) is 12.5 Å². The lowest BCUT2D eigenvalue weighted by Gasteiger charge is -2.17. The summed E-state index contributed by atoms with van der Waals surface area (Å²) in [6, 6.07) is 5.87. The Morgan fingerprint density at radius 2 is 2.19 bits per heavy atom. The second-order valence-electron chi connectivity index (χ2n) is 3.57. The monoisotopic (exact) mass is 306 g/mol. The highest BCUT2D eigenvalue weighted by Gasteiger charge is 2.11. The normalized spacial score (nSPS) is 12.5. The fraction of sp³-hybridized carbons (Fsp3) is 0.500. The highest BCUT2D eigenvalue weighted by atomic mass is 79.9. The van der Waals surface area contributed by atoms with Crippen LogP contribution in [0.2, 0.25) is 0 Å². The Kier molecular flexibility index (Phi) is 6.17. The van der Waals surface area contributed by atoms with Gasteiger partial charge in [0.25, 0.3) is 0 Å². The van der Waals surface area contributed by atoms with E-state index in [9.17, 15) is 0 Å². The van der Waals surface area contributed by atoms with Crippen LogP contribution in [0.1, 0.15) is 18.9 Å². The maximum atomic E-state index is 5.87. The van der Waals surface area contributed by atoms with Gasteiger partial charge in [0, 0.05) is 25.7 Å². The summed E-state index contributed by atoms with van der Waals surface area (Å²) in [6.07, 6.45) is 0.972. The van der Waals surface area contributed by atoms with Crippen LogP contribution in [0.5, 0.6) is 5.75 Å². The maximum absolute atomic E-state index is 5.87. The molecular formula is C12H16BrClO2. The summed E-state index contributed by atoms with van der Waals surface area (Å²) in [7, 11) is 1.69. The number of ether oxygens (including phenoxy) is 2. The molecule has 1 aromatic rings. The van der Waals surface area contributed by atoms with E-state index in [1.54, 1.807) is 7.11 Å². The number of alkyl halides is 1. The lowest BCUT2D eigenvalue weighted by atomic mass is 10.2. The molecule has 4 heteroatoms. The average Bonchev–Trinajstić information content (AvgIpc) is 2.29. The highest BCUT2D eigenvalue weighted by Crippen LogP contribution is 2.31. The molecule has 16 heavy (non-hydrogen) atoms. The van der Waals surface area contributed by atoms with E-state index >= 15 is 0 Å². The Bertz CT molecular complexity index is 331. The second kappa shape index (κ2) is 7.15. The zero-order valence-electron chi connectivity index (χ0n) is 9.50. The van der Waals surface area contributed by atoms with Gasteiger partial charge in [0.2, 0.25) is 0 Å². The predicted octanol–water partition coefficient (Wildman–Crippen LogP) is 3.99. The minimum Gasteiger partial charge on any atom is -0.489 e. The molecule has 0 heterocycles. The Morgan fingerprint density at radius 3 is 2.81 bits per heavy atom. The zero-order chi connectivity index (χ0) is 12.0. The van der Waals surface area contributed by atoms with Gasteiger partial charge in [0.1, 0.15) is 5.75 Å². The highest BCUT2D eigenvalue weighted by molar-refractivity contribution is 9.10. The molecule has 0 radical (unpaired) electrons. The van der Waals surface area contributed by atoms with Gasteiger partial charge in [-0.05, 0) is 28.9 Å². The molecule has 0 aliphatic rings. The first-order chi connectivity index (χ1) is 7.69. The van der Waals surface area contributed by atoms with Crippen molar-refractivity contribution in [1.82, 2.24) is 0 Å². The third-order valence-corrected chi connectivity index (χ3v) is 3.15. The van der Waals surface area contributed by atoms with Crippen molar-refractivity contribution in [1.29, 1.82) is 0 Å². The molecular weight excluding hydrogens is 291 g/mol. The number of rotatable bonds is 6. The third-order valence-electron chi connectivity index (χ3n) is 2.24. The molecule has 0 bridgehead atoms. The lowest BCUT2D eigenvalue weighted by molar-refractivity contribution is 0.134. The van der Waals surface area contributed by atoms with Crippen LogP contribution < -0.4 is 4.74 Å². The van der Waals surface area contributed by atoms with E-state index in [2.05, 4.69) is 15.9 Å². The van der Waals surface area contributed by atoms with Crippen molar-refractivity contribution in [2.45, 2.75) is 25.3 Å². The molecule has 90 valence electrons. The molecule has 0 aliphatic carbocycles. The second-order valence-corrected chi connectivity index (χ2v) is 4.69. The van der Waals surface area contributed by atoms with E-state index in [1.165, 1.54) is 0 Å². The van der Waals surface area contributed by atoms with Crippen molar-refractivity contribution >= 4 is 27.5 Å². The molecule has 0 N–H and O–H groups in total. The summed E-state index contributed by atoms with van der Waals surface area (Å²) in [5.74, 6) is 1.28. The number of methoxy groups -OCH3 is 1. The van der Waals surface area contributed by atoms with Gasteiger partial charge in [-0.15, -0.1) is 11.6 Å². The summed E-state index contributed by atoms with van der Waals surface area (Å²) < 4.78 is 11.8. The minimum absolute atomic E-state index is 0.112. The molecule has 1 rings (SSSR count).